The van der Waals surface area contributed by atoms with E-state index in [1.807, 2.05) is 11.9 Å². The number of likely N-dealkylation sites (N-methyl/N-ethyl adjacent to an activating group) is 2. The van der Waals surface area contributed by atoms with Gasteiger partial charge in [-0.3, -0.25) is 5.41 Å². The zero-order valence-electron chi connectivity index (χ0n) is 11.8. The largest absolute Gasteiger partial charge is 0.384 e. The molecule has 3 N–H and O–H groups in total. The summed E-state index contributed by atoms with van der Waals surface area (Å²) in [5, 5.41) is 7.43. The Morgan fingerprint density at radius 3 is 2.85 bits per heavy atom. The summed E-state index contributed by atoms with van der Waals surface area (Å²) in [6.45, 7) is 2.03. The van der Waals surface area contributed by atoms with E-state index < -0.39 is 0 Å². The van der Waals surface area contributed by atoms with Crippen molar-refractivity contribution in [2.24, 2.45) is 5.73 Å². The highest BCUT2D eigenvalue weighted by Gasteiger charge is 2.24. The molecule has 1 heterocycles. The second-order valence-electron chi connectivity index (χ2n) is 5.34. The second kappa shape index (κ2) is 6.10. The molecular formula is C14H20BrFN4. The number of nitrogens with zero attached hydrogens (tertiary/aromatic N) is 2. The summed E-state index contributed by atoms with van der Waals surface area (Å²) in [6.07, 6.45) is 2.19. The molecule has 1 atom stereocenters. The molecule has 4 nitrogen and oxygen atoms in total. The van der Waals surface area contributed by atoms with Crippen LogP contribution in [0.1, 0.15) is 18.4 Å². The molecule has 1 aromatic carbocycles. The molecule has 0 amide bonds. The maximum absolute atomic E-state index is 14.5. The number of likely N-dealkylation sites (tertiary alicyclic amines) is 1. The summed E-state index contributed by atoms with van der Waals surface area (Å²) in [7, 11) is 4.01. The summed E-state index contributed by atoms with van der Waals surface area (Å²) in [6, 6.07) is 3.69. The lowest BCUT2D eigenvalue weighted by molar-refractivity contribution is 0.247. The topological polar surface area (TPSA) is 56.4 Å². The van der Waals surface area contributed by atoms with Gasteiger partial charge in [-0.15, -0.1) is 0 Å². The van der Waals surface area contributed by atoms with Crippen LogP contribution in [0.4, 0.5) is 10.1 Å². The minimum atomic E-state index is -0.353. The Kier molecular flexibility index (Phi) is 4.65. The lowest BCUT2D eigenvalue weighted by atomic mass is 10.0. The molecular weight excluding hydrogens is 323 g/mol. The standard InChI is InChI=1S/C14H20BrFN4/c1-19-7-3-4-9(8-19)20(2)11-6-5-10(14(17)18)12(15)13(11)16/h5-6,9H,3-4,7-8H2,1-2H3,(H3,17,18). The summed E-state index contributed by atoms with van der Waals surface area (Å²) in [5.41, 5.74) is 6.37. The van der Waals surface area contributed by atoms with Crippen LogP contribution in [0.15, 0.2) is 16.6 Å². The monoisotopic (exact) mass is 342 g/mol. The number of nitrogen functional groups attached to an aromatic ring is 1. The van der Waals surface area contributed by atoms with Gasteiger partial charge in [0, 0.05) is 25.2 Å². The van der Waals surface area contributed by atoms with Crippen LogP contribution in [-0.2, 0) is 0 Å². The van der Waals surface area contributed by atoms with Crippen LogP contribution >= 0.6 is 15.9 Å². The van der Waals surface area contributed by atoms with E-state index in [0.29, 0.717) is 17.3 Å². The van der Waals surface area contributed by atoms with E-state index >= 15 is 0 Å². The predicted octanol–water partition coefficient (Wildman–Crippen LogP) is 2.40. The molecule has 1 fully saturated rings. The van der Waals surface area contributed by atoms with Crippen LogP contribution in [0.5, 0.6) is 0 Å². The Labute approximate surface area is 127 Å². The van der Waals surface area contributed by atoms with Gasteiger partial charge in [-0.05, 0) is 54.5 Å². The summed E-state index contributed by atoms with van der Waals surface area (Å²) >= 11 is 3.20. The molecule has 2 rings (SSSR count). The molecule has 6 heteroatoms. The molecule has 0 aliphatic carbocycles. The van der Waals surface area contributed by atoms with Crippen LogP contribution in [0.3, 0.4) is 0 Å². The highest BCUT2D eigenvalue weighted by atomic mass is 79.9. The number of hydrogen-bond donors (Lipinski definition) is 2. The highest BCUT2D eigenvalue weighted by molar-refractivity contribution is 9.10. The number of rotatable bonds is 3. The Balaban J connectivity index is 2.28. The van der Waals surface area contributed by atoms with Gasteiger partial charge in [-0.25, -0.2) is 4.39 Å². The van der Waals surface area contributed by atoms with Gasteiger partial charge >= 0.3 is 0 Å². The average Bonchev–Trinajstić information content (AvgIpc) is 2.40. The molecule has 1 aromatic rings. The van der Waals surface area contributed by atoms with E-state index in [9.17, 15) is 4.39 Å². The number of anilines is 1. The number of hydrogen-bond acceptors (Lipinski definition) is 3. The van der Waals surface area contributed by atoms with Crippen molar-refractivity contribution in [2.45, 2.75) is 18.9 Å². The van der Waals surface area contributed by atoms with Crippen molar-refractivity contribution in [3.05, 3.63) is 28.0 Å². The first kappa shape index (κ1) is 15.3. The fourth-order valence-electron chi connectivity index (χ4n) is 2.67. The fraction of sp³-hybridized carbons (Fsp3) is 0.500. The molecule has 1 saturated heterocycles. The lowest BCUT2D eigenvalue weighted by Crippen LogP contribution is -2.45. The van der Waals surface area contributed by atoms with Crippen molar-refractivity contribution >= 4 is 27.5 Å². The first-order valence-electron chi connectivity index (χ1n) is 6.65. The molecule has 1 aliphatic rings. The highest BCUT2D eigenvalue weighted by Crippen LogP contribution is 2.31. The van der Waals surface area contributed by atoms with Gasteiger partial charge in [0.05, 0.1) is 10.2 Å². The van der Waals surface area contributed by atoms with Gasteiger partial charge in [0.2, 0.25) is 0 Å². The minimum Gasteiger partial charge on any atom is -0.384 e. The minimum absolute atomic E-state index is 0.137. The number of benzene rings is 1. The van der Waals surface area contributed by atoms with E-state index in [4.69, 9.17) is 11.1 Å². The van der Waals surface area contributed by atoms with Crippen molar-refractivity contribution in [2.75, 3.05) is 32.1 Å². The number of nitrogens with two attached hydrogens (primary N) is 1. The van der Waals surface area contributed by atoms with Crippen molar-refractivity contribution < 1.29 is 4.39 Å². The van der Waals surface area contributed by atoms with E-state index in [1.165, 1.54) is 0 Å². The molecule has 1 unspecified atom stereocenters. The Bertz CT molecular complexity index is 520. The van der Waals surface area contributed by atoms with Gasteiger partial charge < -0.3 is 15.5 Å². The van der Waals surface area contributed by atoms with Crippen molar-refractivity contribution in [3.63, 3.8) is 0 Å². The van der Waals surface area contributed by atoms with Gasteiger partial charge in [-0.1, -0.05) is 0 Å². The van der Waals surface area contributed by atoms with E-state index in [2.05, 4.69) is 27.9 Å². The van der Waals surface area contributed by atoms with Gasteiger partial charge in [0.15, 0.2) is 5.82 Å². The molecule has 20 heavy (non-hydrogen) atoms. The fourth-order valence-corrected chi connectivity index (χ4v) is 3.22. The smallest absolute Gasteiger partial charge is 0.161 e. The van der Waals surface area contributed by atoms with Gasteiger partial charge in [0.1, 0.15) is 5.84 Å². The predicted molar refractivity (Wildman–Crippen MR) is 84.0 cm³/mol. The second-order valence-corrected chi connectivity index (χ2v) is 6.14. The number of nitrogens with one attached hydrogen (secondary N) is 1. The van der Waals surface area contributed by atoms with Gasteiger partial charge in [-0.2, -0.15) is 0 Å². The van der Waals surface area contributed by atoms with Crippen LogP contribution in [0.25, 0.3) is 0 Å². The number of amidine groups is 1. The van der Waals surface area contributed by atoms with Crippen LogP contribution < -0.4 is 10.6 Å². The number of piperidine rings is 1. The SMILES string of the molecule is CN1CCCC(N(C)c2ccc(C(=N)N)c(Br)c2F)C1. The Hall–Kier alpha value is -1.14. The molecule has 0 radical (unpaired) electrons. The van der Waals surface area contributed by atoms with Crippen LogP contribution in [-0.4, -0.2) is 44.0 Å². The van der Waals surface area contributed by atoms with E-state index in [1.54, 1.807) is 12.1 Å². The summed E-state index contributed by atoms with van der Waals surface area (Å²) < 4.78 is 14.7. The zero-order chi connectivity index (χ0) is 14.9. The molecule has 1 aliphatic heterocycles. The average molecular weight is 343 g/mol. The molecule has 0 saturated carbocycles. The third-order valence-electron chi connectivity index (χ3n) is 3.88. The Morgan fingerprint density at radius 1 is 1.55 bits per heavy atom. The maximum atomic E-state index is 14.5. The molecule has 0 bridgehead atoms. The number of halogens is 2. The first-order chi connectivity index (χ1) is 9.41. The molecule has 110 valence electrons. The van der Waals surface area contributed by atoms with Crippen molar-refractivity contribution in [1.29, 1.82) is 5.41 Å². The third-order valence-corrected chi connectivity index (χ3v) is 4.65. The van der Waals surface area contributed by atoms with Crippen molar-refractivity contribution in [3.8, 4) is 0 Å². The third kappa shape index (κ3) is 2.96. The van der Waals surface area contributed by atoms with Crippen molar-refractivity contribution in [1.82, 2.24) is 4.90 Å². The Morgan fingerprint density at radius 2 is 2.25 bits per heavy atom. The summed E-state index contributed by atoms with van der Waals surface area (Å²) in [4.78, 5) is 4.25. The van der Waals surface area contributed by atoms with E-state index in [0.717, 1.165) is 25.9 Å². The molecule has 0 aromatic heterocycles. The maximum Gasteiger partial charge on any atom is 0.161 e. The van der Waals surface area contributed by atoms with Crippen LogP contribution in [0.2, 0.25) is 0 Å². The van der Waals surface area contributed by atoms with E-state index in [-0.39, 0.29) is 16.1 Å². The first-order valence-corrected chi connectivity index (χ1v) is 7.45. The normalized spacial score (nSPS) is 19.9. The molecule has 0 spiro atoms. The zero-order valence-corrected chi connectivity index (χ0v) is 13.4. The van der Waals surface area contributed by atoms with Crippen LogP contribution in [0, 0.1) is 11.2 Å². The quantitative estimate of drug-likeness (QED) is 0.655. The summed E-state index contributed by atoms with van der Waals surface area (Å²) in [5.74, 6) is -0.490. The van der Waals surface area contributed by atoms with Gasteiger partial charge in [0.25, 0.3) is 0 Å². The lowest BCUT2D eigenvalue weighted by Gasteiger charge is -2.37.